The summed E-state index contributed by atoms with van der Waals surface area (Å²) >= 11 is 1.17. The average molecular weight is 229 g/mol. The van der Waals surface area contributed by atoms with E-state index < -0.39 is 0 Å². The van der Waals surface area contributed by atoms with E-state index in [4.69, 9.17) is 5.73 Å². The molecule has 3 N–H and O–H groups in total. The highest BCUT2D eigenvalue weighted by atomic mass is 32.2. The van der Waals surface area contributed by atoms with Gasteiger partial charge in [0.15, 0.2) is 0 Å². The third-order valence-corrected chi connectivity index (χ3v) is 3.62. The number of piperidine rings is 1. The number of hydrogen-bond acceptors (Lipinski definition) is 4. The maximum Gasteiger partial charge on any atom is 0.279 e. The van der Waals surface area contributed by atoms with Gasteiger partial charge in [-0.3, -0.25) is 9.59 Å². The Morgan fingerprint density at radius 2 is 2.40 bits per heavy atom. The monoisotopic (exact) mass is 229 g/mol. The van der Waals surface area contributed by atoms with E-state index in [2.05, 4.69) is 5.32 Å². The molecule has 0 aromatic carbocycles. The van der Waals surface area contributed by atoms with E-state index in [1.807, 2.05) is 0 Å². The van der Waals surface area contributed by atoms with Gasteiger partial charge in [-0.15, -0.1) is 0 Å². The van der Waals surface area contributed by atoms with Crippen LogP contribution >= 0.6 is 11.8 Å². The van der Waals surface area contributed by atoms with Crippen LogP contribution < -0.4 is 11.1 Å². The van der Waals surface area contributed by atoms with E-state index in [1.54, 1.807) is 4.90 Å². The van der Waals surface area contributed by atoms with Crippen LogP contribution in [0.1, 0.15) is 12.8 Å². The standard InChI is InChI=1S/C9H15N3O2S/c10-6-2-1-3-12(4-6)8(13)7-5-15-9(14)11-7/h6-7H,1-5,10H2,(H,11,14). The van der Waals surface area contributed by atoms with Crippen molar-refractivity contribution >= 4 is 22.9 Å². The molecule has 5 nitrogen and oxygen atoms in total. The Bertz CT molecular complexity index is 285. The molecule has 0 saturated carbocycles. The molecule has 15 heavy (non-hydrogen) atoms. The van der Waals surface area contributed by atoms with E-state index in [9.17, 15) is 9.59 Å². The van der Waals surface area contributed by atoms with Crippen LogP contribution in [-0.4, -0.2) is 47.0 Å². The summed E-state index contributed by atoms with van der Waals surface area (Å²) in [6.07, 6.45) is 1.94. The highest BCUT2D eigenvalue weighted by molar-refractivity contribution is 8.14. The van der Waals surface area contributed by atoms with Crippen molar-refractivity contribution in [1.82, 2.24) is 10.2 Å². The van der Waals surface area contributed by atoms with Gasteiger partial charge in [-0.25, -0.2) is 0 Å². The summed E-state index contributed by atoms with van der Waals surface area (Å²) in [6.45, 7) is 1.39. The van der Waals surface area contributed by atoms with Crippen LogP contribution in [0.25, 0.3) is 0 Å². The number of nitrogens with two attached hydrogens (primary N) is 1. The molecule has 84 valence electrons. The molecule has 2 amide bonds. The van der Waals surface area contributed by atoms with Crippen molar-refractivity contribution in [2.45, 2.75) is 24.9 Å². The third-order valence-electron chi connectivity index (χ3n) is 2.74. The van der Waals surface area contributed by atoms with Gasteiger partial charge in [0.1, 0.15) is 6.04 Å². The maximum atomic E-state index is 11.9. The Morgan fingerprint density at radius 1 is 1.60 bits per heavy atom. The number of thioether (sulfide) groups is 1. The van der Waals surface area contributed by atoms with E-state index in [1.165, 1.54) is 11.8 Å². The van der Waals surface area contributed by atoms with Crippen molar-refractivity contribution in [3.63, 3.8) is 0 Å². The predicted molar refractivity (Wildman–Crippen MR) is 58.6 cm³/mol. The van der Waals surface area contributed by atoms with Crippen molar-refractivity contribution in [2.24, 2.45) is 5.73 Å². The van der Waals surface area contributed by atoms with E-state index in [0.29, 0.717) is 12.3 Å². The number of nitrogens with one attached hydrogen (secondary N) is 1. The van der Waals surface area contributed by atoms with E-state index >= 15 is 0 Å². The zero-order valence-corrected chi connectivity index (χ0v) is 9.26. The molecule has 6 heteroatoms. The largest absolute Gasteiger partial charge is 0.339 e. The molecule has 0 bridgehead atoms. The van der Waals surface area contributed by atoms with Crippen LogP contribution in [0.3, 0.4) is 0 Å². The Hall–Kier alpha value is -0.750. The van der Waals surface area contributed by atoms with Gasteiger partial charge in [0, 0.05) is 24.9 Å². The molecule has 0 aromatic heterocycles. The second kappa shape index (κ2) is 4.40. The summed E-state index contributed by atoms with van der Waals surface area (Å²) in [6, 6.07) is -0.250. The second-order valence-electron chi connectivity index (χ2n) is 3.98. The summed E-state index contributed by atoms with van der Waals surface area (Å²) in [5.41, 5.74) is 5.80. The maximum absolute atomic E-state index is 11.9. The fraction of sp³-hybridized carbons (Fsp3) is 0.778. The lowest BCUT2D eigenvalue weighted by Crippen LogP contribution is -2.52. The molecule has 2 fully saturated rings. The van der Waals surface area contributed by atoms with Crippen molar-refractivity contribution in [2.75, 3.05) is 18.8 Å². The summed E-state index contributed by atoms with van der Waals surface area (Å²) < 4.78 is 0. The van der Waals surface area contributed by atoms with Crippen molar-refractivity contribution in [3.05, 3.63) is 0 Å². The van der Waals surface area contributed by atoms with Gasteiger partial charge in [0.2, 0.25) is 5.91 Å². The van der Waals surface area contributed by atoms with Crippen LogP contribution in [0.5, 0.6) is 0 Å². The molecular weight excluding hydrogens is 214 g/mol. The van der Waals surface area contributed by atoms with Gasteiger partial charge in [0.05, 0.1) is 0 Å². The van der Waals surface area contributed by atoms with E-state index in [-0.39, 0.29) is 23.2 Å². The molecule has 2 rings (SSSR count). The Kier molecular flexibility index (Phi) is 3.16. The third kappa shape index (κ3) is 2.43. The summed E-state index contributed by atoms with van der Waals surface area (Å²) in [5, 5.41) is 2.56. The second-order valence-corrected chi connectivity index (χ2v) is 4.97. The molecule has 2 aliphatic heterocycles. The van der Waals surface area contributed by atoms with Gasteiger partial charge in [-0.2, -0.15) is 0 Å². The lowest BCUT2D eigenvalue weighted by Gasteiger charge is -2.32. The molecule has 0 aromatic rings. The molecule has 2 saturated heterocycles. The molecule has 0 radical (unpaired) electrons. The van der Waals surface area contributed by atoms with Crippen molar-refractivity contribution in [1.29, 1.82) is 0 Å². The van der Waals surface area contributed by atoms with Crippen LogP contribution in [0.4, 0.5) is 4.79 Å². The molecule has 2 atom stereocenters. The number of likely N-dealkylation sites (tertiary alicyclic amines) is 1. The first kappa shape index (κ1) is 10.8. The highest BCUT2D eigenvalue weighted by Crippen LogP contribution is 2.17. The average Bonchev–Trinajstić information content (AvgIpc) is 2.64. The fourth-order valence-corrected chi connectivity index (χ4v) is 2.72. The zero-order chi connectivity index (χ0) is 10.8. The zero-order valence-electron chi connectivity index (χ0n) is 8.44. The molecule has 2 unspecified atom stereocenters. The first-order chi connectivity index (χ1) is 7.16. The SMILES string of the molecule is NC1CCCN(C(=O)C2CSC(=O)N2)C1. The minimum Gasteiger partial charge on any atom is -0.339 e. The van der Waals surface area contributed by atoms with E-state index in [0.717, 1.165) is 19.4 Å². The van der Waals surface area contributed by atoms with Crippen LogP contribution in [0.15, 0.2) is 0 Å². The smallest absolute Gasteiger partial charge is 0.279 e. The summed E-state index contributed by atoms with van der Waals surface area (Å²) in [5.74, 6) is 0.562. The lowest BCUT2D eigenvalue weighted by molar-refractivity contribution is -0.133. The molecule has 0 aliphatic carbocycles. The van der Waals surface area contributed by atoms with Crippen molar-refractivity contribution < 1.29 is 9.59 Å². The lowest BCUT2D eigenvalue weighted by atomic mass is 10.1. The minimum atomic E-state index is -0.340. The number of amides is 2. The van der Waals surface area contributed by atoms with Crippen molar-refractivity contribution in [3.8, 4) is 0 Å². The van der Waals surface area contributed by atoms with Gasteiger partial charge < -0.3 is 16.0 Å². The number of hydrogen-bond donors (Lipinski definition) is 2. The first-order valence-corrected chi connectivity index (χ1v) is 6.13. The Labute approximate surface area is 92.7 Å². The molecule has 0 spiro atoms. The number of carbonyl (C=O) groups is 2. The topological polar surface area (TPSA) is 75.4 Å². The Balaban J connectivity index is 1.92. The number of rotatable bonds is 1. The highest BCUT2D eigenvalue weighted by Gasteiger charge is 2.32. The van der Waals surface area contributed by atoms with Gasteiger partial charge >= 0.3 is 0 Å². The van der Waals surface area contributed by atoms with Gasteiger partial charge in [-0.05, 0) is 12.8 Å². The van der Waals surface area contributed by atoms with Gasteiger partial charge in [0.25, 0.3) is 5.24 Å². The summed E-state index contributed by atoms with van der Waals surface area (Å²) in [4.78, 5) is 24.7. The number of nitrogens with zero attached hydrogens (tertiary/aromatic N) is 1. The quantitative estimate of drug-likeness (QED) is 0.651. The Morgan fingerprint density at radius 3 is 3.00 bits per heavy atom. The van der Waals surface area contributed by atoms with Crippen LogP contribution in [-0.2, 0) is 4.79 Å². The number of carbonyl (C=O) groups excluding carboxylic acids is 2. The fourth-order valence-electron chi connectivity index (χ4n) is 1.95. The summed E-state index contributed by atoms with van der Waals surface area (Å²) in [7, 11) is 0. The van der Waals surface area contributed by atoms with Gasteiger partial charge in [-0.1, -0.05) is 11.8 Å². The first-order valence-electron chi connectivity index (χ1n) is 5.14. The minimum absolute atomic E-state index is 0.0171. The molecule has 2 heterocycles. The molecular formula is C9H15N3O2S. The van der Waals surface area contributed by atoms with Crippen LogP contribution in [0.2, 0.25) is 0 Å². The van der Waals surface area contributed by atoms with Crippen LogP contribution in [0, 0.1) is 0 Å². The normalized spacial score (nSPS) is 31.5. The molecule has 2 aliphatic rings. The predicted octanol–water partition coefficient (Wildman–Crippen LogP) is -0.239.